The van der Waals surface area contributed by atoms with Gasteiger partial charge >= 0.3 is 0 Å². The van der Waals surface area contributed by atoms with Crippen molar-refractivity contribution < 1.29 is 13.5 Å². The van der Waals surface area contributed by atoms with Gasteiger partial charge in [-0.2, -0.15) is 5.26 Å². The van der Waals surface area contributed by atoms with Gasteiger partial charge in [0.1, 0.15) is 11.5 Å². The summed E-state index contributed by atoms with van der Waals surface area (Å²) in [6.45, 7) is 0. The molecule has 0 spiro atoms. The second-order valence-electron chi connectivity index (χ2n) is 3.31. The topological polar surface area (TPSA) is 33.0 Å². The van der Waals surface area contributed by atoms with E-state index in [4.69, 9.17) is 10.00 Å². The van der Waals surface area contributed by atoms with Gasteiger partial charge < -0.3 is 4.74 Å². The average molecular weight is 231 g/mol. The Morgan fingerprint density at radius 2 is 1.53 bits per heavy atom. The van der Waals surface area contributed by atoms with Gasteiger partial charge in [0, 0.05) is 6.07 Å². The van der Waals surface area contributed by atoms with Crippen LogP contribution in [-0.4, -0.2) is 0 Å². The summed E-state index contributed by atoms with van der Waals surface area (Å²) in [5.74, 6) is -1.23. The highest BCUT2D eigenvalue weighted by atomic mass is 19.2. The Balaban J connectivity index is 2.20. The summed E-state index contributed by atoms with van der Waals surface area (Å²) in [6.07, 6.45) is 0. The third-order valence-electron chi connectivity index (χ3n) is 2.11. The van der Waals surface area contributed by atoms with Crippen LogP contribution in [0.1, 0.15) is 5.56 Å². The molecule has 0 heterocycles. The highest BCUT2D eigenvalue weighted by Gasteiger charge is 2.04. The lowest BCUT2D eigenvalue weighted by Crippen LogP contribution is -1.88. The standard InChI is InChI=1S/C13H7F2NO/c14-12-6-5-11(7-13(12)15)17-10-3-1-9(8-16)2-4-10/h1-7H. The molecule has 0 fully saturated rings. The Hall–Kier alpha value is -2.41. The van der Waals surface area contributed by atoms with E-state index in [-0.39, 0.29) is 5.75 Å². The lowest BCUT2D eigenvalue weighted by Gasteiger charge is -2.05. The number of rotatable bonds is 2. The normalized spacial score (nSPS) is 9.71. The summed E-state index contributed by atoms with van der Waals surface area (Å²) in [7, 11) is 0. The van der Waals surface area contributed by atoms with E-state index < -0.39 is 11.6 Å². The van der Waals surface area contributed by atoms with Gasteiger partial charge in [-0.1, -0.05) is 0 Å². The Labute approximate surface area is 96.7 Å². The number of ether oxygens (including phenoxy) is 1. The van der Waals surface area contributed by atoms with Crippen LogP contribution in [0.5, 0.6) is 11.5 Å². The first kappa shape index (κ1) is 11.1. The minimum absolute atomic E-state index is 0.202. The maximum Gasteiger partial charge on any atom is 0.162 e. The Morgan fingerprint density at radius 3 is 2.12 bits per heavy atom. The summed E-state index contributed by atoms with van der Waals surface area (Å²) in [5, 5.41) is 8.60. The minimum atomic E-state index is -0.962. The molecule has 2 aromatic carbocycles. The van der Waals surface area contributed by atoms with Crippen molar-refractivity contribution in [3.05, 3.63) is 59.7 Å². The van der Waals surface area contributed by atoms with Gasteiger partial charge in [-0.25, -0.2) is 8.78 Å². The lowest BCUT2D eigenvalue weighted by atomic mass is 10.2. The molecule has 2 rings (SSSR count). The number of hydrogen-bond acceptors (Lipinski definition) is 2. The molecule has 0 aliphatic heterocycles. The first-order valence-corrected chi connectivity index (χ1v) is 4.82. The van der Waals surface area contributed by atoms with Gasteiger partial charge in [-0.05, 0) is 36.4 Å². The Kier molecular flexibility index (Phi) is 3.01. The molecule has 17 heavy (non-hydrogen) atoms. The average Bonchev–Trinajstić information content (AvgIpc) is 2.35. The van der Waals surface area contributed by atoms with Crippen LogP contribution in [0.2, 0.25) is 0 Å². The molecule has 0 saturated heterocycles. The third kappa shape index (κ3) is 2.58. The summed E-state index contributed by atoms with van der Waals surface area (Å²) in [5.41, 5.74) is 0.502. The summed E-state index contributed by atoms with van der Waals surface area (Å²) in [4.78, 5) is 0. The molecule has 4 heteroatoms. The van der Waals surface area contributed by atoms with E-state index in [1.165, 1.54) is 6.07 Å². The molecular weight excluding hydrogens is 224 g/mol. The number of benzene rings is 2. The SMILES string of the molecule is N#Cc1ccc(Oc2ccc(F)c(F)c2)cc1. The van der Waals surface area contributed by atoms with Gasteiger partial charge in [0.15, 0.2) is 11.6 Å². The van der Waals surface area contributed by atoms with E-state index in [0.717, 1.165) is 12.1 Å². The minimum Gasteiger partial charge on any atom is -0.457 e. The zero-order valence-electron chi connectivity index (χ0n) is 8.65. The summed E-state index contributed by atoms with van der Waals surface area (Å²) >= 11 is 0. The maximum atomic E-state index is 12.9. The van der Waals surface area contributed by atoms with E-state index in [1.807, 2.05) is 6.07 Å². The van der Waals surface area contributed by atoms with Crippen LogP contribution in [0.15, 0.2) is 42.5 Å². The van der Waals surface area contributed by atoms with E-state index in [1.54, 1.807) is 24.3 Å². The van der Waals surface area contributed by atoms with Crippen LogP contribution in [-0.2, 0) is 0 Å². The van der Waals surface area contributed by atoms with Crippen molar-refractivity contribution in [2.45, 2.75) is 0 Å². The molecule has 0 unspecified atom stereocenters. The monoisotopic (exact) mass is 231 g/mol. The van der Waals surface area contributed by atoms with Gasteiger partial charge in [-0.15, -0.1) is 0 Å². The van der Waals surface area contributed by atoms with Gasteiger partial charge in [-0.3, -0.25) is 0 Å². The molecule has 0 aliphatic rings. The second-order valence-corrected chi connectivity index (χ2v) is 3.31. The van der Waals surface area contributed by atoms with Crippen LogP contribution in [0.25, 0.3) is 0 Å². The van der Waals surface area contributed by atoms with Crippen molar-refractivity contribution in [3.63, 3.8) is 0 Å². The molecule has 0 amide bonds. The molecule has 2 nitrogen and oxygen atoms in total. The van der Waals surface area contributed by atoms with Gasteiger partial charge in [0.25, 0.3) is 0 Å². The predicted octanol–water partition coefficient (Wildman–Crippen LogP) is 3.63. The summed E-state index contributed by atoms with van der Waals surface area (Å²) in [6, 6.07) is 11.6. The highest BCUT2D eigenvalue weighted by Crippen LogP contribution is 2.23. The molecule has 84 valence electrons. The zero-order chi connectivity index (χ0) is 12.3. The van der Waals surface area contributed by atoms with Crippen molar-refractivity contribution in [1.82, 2.24) is 0 Å². The Bertz CT molecular complexity index is 573. The highest BCUT2D eigenvalue weighted by molar-refractivity contribution is 5.37. The zero-order valence-corrected chi connectivity index (χ0v) is 8.65. The van der Waals surface area contributed by atoms with Crippen LogP contribution in [0, 0.1) is 23.0 Å². The molecule has 2 aromatic rings. The number of nitriles is 1. The molecule has 0 aromatic heterocycles. The first-order chi connectivity index (χ1) is 8.19. The van der Waals surface area contributed by atoms with E-state index in [2.05, 4.69) is 0 Å². The fourth-order valence-corrected chi connectivity index (χ4v) is 1.27. The maximum absolute atomic E-state index is 12.9. The molecule has 0 atom stereocenters. The van der Waals surface area contributed by atoms with Crippen molar-refractivity contribution in [2.24, 2.45) is 0 Å². The molecule has 0 N–H and O–H groups in total. The number of halogens is 2. The van der Waals surface area contributed by atoms with Crippen LogP contribution < -0.4 is 4.74 Å². The fourth-order valence-electron chi connectivity index (χ4n) is 1.27. The van der Waals surface area contributed by atoms with Crippen LogP contribution >= 0.6 is 0 Å². The molecular formula is C13H7F2NO. The molecule has 0 radical (unpaired) electrons. The predicted molar refractivity (Wildman–Crippen MR) is 57.6 cm³/mol. The van der Waals surface area contributed by atoms with Gasteiger partial charge in [0.2, 0.25) is 0 Å². The van der Waals surface area contributed by atoms with Crippen LogP contribution in [0.3, 0.4) is 0 Å². The second kappa shape index (κ2) is 4.62. The fraction of sp³-hybridized carbons (Fsp3) is 0. The van der Waals surface area contributed by atoms with Crippen molar-refractivity contribution in [1.29, 1.82) is 5.26 Å². The lowest BCUT2D eigenvalue weighted by molar-refractivity contribution is 0.461. The van der Waals surface area contributed by atoms with Crippen molar-refractivity contribution in [3.8, 4) is 17.6 Å². The quantitative estimate of drug-likeness (QED) is 0.790. The van der Waals surface area contributed by atoms with E-state index >= 15 is 0 Å². The molecule has 0 aliphatic carbocycles. The van der Waals surface area contributed by atoms with Crippen LogP contribution in [0.4, 0.5) is 8.78 Å². The third-order valence-corrected chi connectivity index (χ3v) is 2.11. The van der Waals surface area contributed by atoms with Crippen molar-refractivity contribution >= 4 is 0 Å². The molecule has 0 bridgehead atoms. The smallest absolute Gasteiger partial charge is 0.162 e. The number of nitrogens with zero attached hydrogens (tertiary/aromatic N) is 1. The van der Waals surface area contributed by atoms with Crippen molar-refractivity contribution in [2.75, 3.05) is 0 Å². The van der Waals surface area contributed by atoms with E-state index in [0.29, 0.717) is 11.3 Å². The largest absolute Gasteiger partial charge is 0.457 e. The Morgan fingerprint density at radius 1 is 0.882 bits per heavy atom. The van der Waals surface area contributed by atoms with E-state index in [9.17, 15) is 8.78 Å². The molecule has 0 saturated carbocycles. The first-order valence-electron chi connectivity index (χ1n) is 4.82. The van der Waals surface area contributed by atoms with Gasteiger partial charge in [0.05, 0.1) is 11.6 Å². The summed E-state index contributed by atoms with van der Waals surface area (Å²) < 4.78 is 30.9. The number of hydrogen-bond donors (Lipinski definition) is 0.